The van der Waals surface area contributed by atoms with Gasteiger partial charge in [-0.2, -0.15) is 0 Å². The second kappa shape index (κ2) is 10.1. The summed E-state index contributed by atoms with van der Waals surface area (Å²) < 4.78 is 18.7. The minimum Gasteiger partial charge on any atom is -0.494 e. The second-order valence-electron chi connectivity index (χ2n) is 6.21. The van der Waals surface area contributed by atoms with E-state index in [0.29, 0.717) is 0 Å². The molecule has 24 heavy (non-hydrogen) atoms. The Balaban J connectivity index is 1.76. The van der Waals surface area contributed by atoms with Crippen LogP contribution in [0.3, 0.4) is 0 Å². The summed E-state index contributed by atoms with van der Waals surface area (Å²) in [7, 11) is 0. The van der Waals surface area contributed by atoms with Gasteiger partial charge in [0.1, 0.15) is 11.6 Å². The molecule has 0 amide bonds. The van der Waals surface area contributed by atoms with Crippen molar-refractivity contribution in [3.05, 3.63) is 65.5 Å². The lowest BCUT2D eigenvalue weighted by molar-refractivity contribution is 0.305. The Hall–Kier alpha value is -1.87. The van der Waals surface area contributed by atoms with Crippen LogP contribution in [0.15, 0.2) is 48.5 Å². The van der Waals surface area contributed by atoms with E-state index in [-0.39, 0.29) is 11.9 Å². The molecule has 2 rings (SSSR count). The fourth-order valence-corrected chi connectivity index (χ4v) is 2.56. The molecule has 0 spiro atoms. The molecule has 1 N–H and O–H groups in total. The third kappa shape index (κ3) is 6.32. The Labute approximate surface area is 145 Å². The van der Waals surface area contributed by atoms with Crippen molar-refractivity contribution in [2.75, 3.05) is 6.61 Å². The lowest BCUT2D eigenvalue weighted by Crippen LogP contribution is -2.18. The summed E-state index contributed by atoms with van der Waals surface area (Å²) in [6.07, 6.45) is 4.88. The average Bonchev–Trinajstić information content (AvgIpc) is 2.61. The van der Waals surface area contributed by atoms with E-state index in [9.17, 15) is 4.39 Å². The van der Waals surface area contributed by atoms with Crippen LogP contribution in [0.2, 0.25) is 0 Å². The smallest absolute Gasteiger partial charge is 0.123 e. The molecule has 130 valence electrons. The molecule has 0 aliphatic rings. The fourth-order valence-electron chi connectivity index (χ4n) is 2.56. The number of halogens is 1. The largest absolute Gasteiger partial charge is 0.494 e. The van der Waals surface area contributed by atoms with Gasteiger partial charge in [0.25, 0.3) is 0 Å². The van der Waals surface area contributed by atoms with Crippen LogP contribution in [-0.4, -0.2) is 6.61 Å². The third-order valence-corrected chi connectivity index (χ3v) is 4.17. The van der Waals surface area contributed by atoms with Gasteiger partial charge in [0.2, 0.25) is 0 Å². The van der Waals surface area contributed by atoms with Crippen molar-refractivity contribution in [2.24, 2.45) is 0 Å². The molecule has 2 aromatic carbocycles. The van der Waals surface area contributed by atoms with Crippen LogP contribution in [0.25, 0.3) is 0 Å². The van der Waals surface area contributed by atoms with Crippen molar-refractivity contribution in [2.45, 2.75) is 52.1 Å². The highest BCUT2D eigenvalue weighted by atomic mass is 19.1. The molecule has 0 radical (unpaired) electrons. The van der Waals surface area contributed by atoms with Crippen LogP contribution in [0.5, 0.6) is 5.75 Å². The van der Waals surface area contributed by atoms with Gasteiger partial charge in [0.15, 0.2) is 0 Å². The molecule has 0 aromatic heterocycles. The summed E-state index contributed by atoms with van der Waals surface area (Å²) >= 11 is 0. The van der Waals surface area contributed by atoms with E-state index in [4.69, 9.17) is 4.74 Å². The lowest BCUT2D eigenvalue weighted by Gasteiger charge is -2.15. The molecule has 1 atom stereocenters. The maximum atomic E-state index is 12.9. The molecule has 0 bridgehead atoms. The molecule has 0 saturated heterocycles. The Morgan fingerprint density at radius 3 is 2.33 bits per heavy atom. The van der Waals surface area contributed by atoms with Gasteiger partial charge in [-0.3, -0.25) is 0 Å². The molecule has 0 aliphatic carbocycles. The predicted octanol–water partition coefficient (Wildman–Crippen LogP) is 5.64. The summed E-state index contributed by atoms with van der Waals surface area (Å²) in [6, 6.07) is 15.1. The minimum atomic E-state index is -0.197. The molecule has 0 saturated carbocycles. The van der Waals surface area contributed by atoms with Crippen molar-refractivity contribution < 1.29 is 9.13 Å². The van der Waals surface area contributed by atoms with Crippen LogP contribution < -0.4 is 10.1 Å². The number of unbranched alkanes of at least 4 members (excludes halogenated alkanes) is 3. The van der Waals surface area contributed by atoms with Crippen LogP contribution in [0.4, 0.5) is 4.39 Å². The Morgan fingerprint density at radius 2 is 1.67 bits per heavy atom. The van der Waals surface area contributed by atoms with E-state index in [1.54, 1.807) is 0 Å². The summed E-state index contributed by atoms with van der Waals surface area (Å²) in [5, 5.41) is 3.46. The van der Waals surface area contributed by atoms with Crippen molar-refractivity contribution in [1.82, 2.24) is 5.32 Å². The molecule has 1 unspecified atom stereocenters. The predicted molar refractivity (Wildman–Crippen MR) is 97.7 cm³/mol. The number of benzene rings is 2. The maximum absolute atomic E-state index is 12.9. The highest BCUT2D eigenvalue weighted by molar-refractivity contribution is 5.29. The number of nitrogens with one attached hydrogen (secondary N) is 1. The Kier molecular flexibility index (Phi) is 7.76. The van der Waals surface area contributed by atoms with E-state index >= 15 is 0 Å². The third-order valence-electron chi connectivity index (χ3n) is 4.17. The summed E-state index contributed by atoms with van der Waals surface area (Å²) in [5.41, 5.74) is 2.30. The first-order valence-corrected chi connectivity index (χ1v) is 8.89. The number of hydrogen-bond acceptors (Lipinski definition) is 2. The van der Waals surface area contributed by atoms with Crippen LogP contribution in [0, 0.1) is 5.82 Å². The van der Waals surface area contributed by atoms with Gasteiger partial charge in [-0.25, -0.2) is 4.39 Å². The lowest BCUT2D eigenvalue weighted by atomic mass is 10.1. The second-order valence-corrected chi connectivity index (χ2v) is 6.21. The highest BCUT2D eigenvalue weighted by Gasteiger charge is 2.05. The van der Waals surface area contributed by atoms with Crippen molar-refractivity contribution in [3.8, 4) is 5.75 Å². The molecular weight excluding hydrogens is 301 g/mol. The van der Waals surface area contributed by atoms with Crippen molar-refractivity contribution >= 4 is 0 Å². The molecule has 0 fully saturated rings. The van der Waals surface area contributed by atoms with Crippen LogP contribution in [-0.2, 0) is 6.54 Å². The maximum Gasteiger partial charge on any atom is 0.123 e. The van der Waals surface area contributed by atoms with Crippen LogP contribution in [0.1, 0.15) is 56.7 Å². The van der Waals surface area contributed by atoms with Crippen LogP contribution >= 0.6 is 0 Å². The van der Waals surface area contributed by atoms with Gasteiger partial charge in [0, 0.05) is 12.6 Å². The first-order chi connectivity index (χ1) is 11.7. The molecule has 0 aliphatic heterocycles. The molecule has 3 heteroatoms. The first-order valence-electron chi connectivity index (χ1n) is 8.89. The Bertz CT molecular complexity index is 580. The van der Waals surface area contributed by atoms with Gasteiger partial charge >= 0.3 is 0 Å². The first kappa shape index (κ1) is 18.5. The quantitative estimate of drug-likeness (QED) is 0.570. The zero-order valence-electron chi connectivity index (χ0n) is 14.7. The van der Waals surface area contributed by atoms with Crippen molar-refractivity contribution in [3.63, 3.8) is 0 Å². The highest BCUT2D eigenvalue weighted by Crippen LogP contribution is 2.18. The normalized spacial score (nSPS) is 12.1. The SMILES string of the molecule is CCCCCCOc1ccc(C(C)NCc2ccc(F)cc2)cc1. The monoisotopic (exact) mass is 329 g/mol. The summed E-state index contributed by atoms with van der Waals surface area (Å²) in [6.45, 7) is 5.85. The topological polar surface area (TPSA) is 21.3 Å². The summed E-state index contributed by atoms with van der Waals surface area (Å²) in [4.78, 5) is 0. The minimum absolute atomic E-state index is 0.197. The van der Waals surface area contributed by atoms with Crippen molar-refractivity contribution in [1.29, 1.82) is 0 Å². The number of ether oxygens (including phenoxy) is 1. The van der Waals surface area contributed by atoms with Gasteiger partial charge in [-0.05, 0) is 48.7 Å². The van der Waals surface area contributed by atoms with E-state index in [1.807, 2.05) is 24.3 Å². The zero-order valence-corrected chi connectivity index (χ0v) is 14.7. The molecule has 2 nitrogen and oxygen atoms in total. The van der Waals surface area contributed by atoms with Gasteiger partial charge < -0.3 is 10.1 Å². The van der Waals surface area contributed by atoms with E-state index in [0.717, 1.165) is 30.9 Å². The van der Waals surface area contributed by atoms with Gasteiger partial charge in [0.05, 0.1) is 6.61 Å². The van der Waals surface area contributed by atoms with E-state index in [1.165, 1.54) is 37.0 Å². The molecular formula is C21H28FNO. The number of rotatable bonds is 10. The average molecular weight is 329 g/mol. The Morgan fingerprint density at radius 1 is 0.958 bits per heavy atom. The number of hydrogen-bond donors (Lipinski definition) is 1. The zero-order chi connectivity index (χ0) is 17.2. The van der Waals surface area contributed by atoms with Gasteiger partial charge in [-0.15, -0.1) is 0 Å². The van der Waals surface area contributed by atoms with Gasteiger partial charge in [-0.1, -0.05) is 50.5 Å². The van der Waals surface area contributed by atoms with E-state index in [2.05, 4.69) is 31.3 Å². The standard InChI is InChI=1S/C21H28FNO/c1-3-4-5-6-15-24-21-13-9-19(10-14-21)17(2)23-16-18-7-11-20(22)12-8-18/h7-14,17,23H,3-6,15-16H2,1-2H3. The van der Waals surface area contributed by atoms with E-state index < -0.39 is 0 Å². The fraction of sp³-hybridized carbons (Fsp3) is 0.429. The summed E-state index contributed by atoms with van der Waals surface area (Å²) in [5.74, 6) is 0.734. The molecule has 0 heterocycles. The molecule has 2 aromatic rings.